The summed E-state index contributed by atoms with van der Waals surface area (Å²) >= 11 is 6.89. The molecule has 0 spiro atoms. The largest absolute Gasteiger partial charge is 0.317 e. The van der Waals surface area contributed by atoms with E-state index in [0.29, 0.717) is 21.4 Å². The third-order valence-corrected chi connectivity index (χ3v) is 6.57. The molecule has 1 aromatic heterocycles. The molecule has 1 aliphatic heterocycles. The molecular weight excluding hydrogens is 254 g/mol. The highest BCUT2D eigenvalue weighted by molar-refractivity contribution is 7.94. The molecule has 0 radical (unpaired) electrons. The van der Waals surface area contributed by atoms with Crippen molar-refractivity contribution < 1.29 is 8.42 Å². The van der Waals surface area contributed by atoms with Gasteiger partial charge in [-0.25, -0.2) is 8.42 Å². The predicted octanol–water partition coefficient (Wildman–Crippen LogP) is 1.93. The van der Waals surface area contributed by atoms with E-state index in [4.69, 9.17) is 11.6 Å². The van der Waals surface area contributed by atoms with E-state index >= 15 is 0 Å². The Labute approximate surface area is 98.4 Å². The first-order valence-corrected chi connectivity index (χ1v) is 7.55. The van der Waals surface area contributed by atoms with Crippen molar-refractivity contribution in [1.82, 2.24) is 5.32 Å². The standard InChI is InChI=1S/C9H12ClNO2S2/c10-8-1-2-9(14-8)15(12,13)7-3-5-11-6-4-7/h1-2,7,11H,3-6H2. The normalized spacial score (nSPS) is 19.3. The van der Waals surface area contributed by atoms with E-state index < -0.39 is 9.84 Å². The highest BCUT2D eigenvalue weighted by Gasteiger charge is 2.29. The van der Waals surface area contributed by atoms with Crippen LogP contribution in [0.1, 0.15) is 12.8 Å². The van der Waals surface area contributed by atoms with Crippen LogP contribution in [-0.2, 0) is 9.84 Å². The summed E-state index contributed by atoms with van der Waals surface area (Å²) in [4.78, 5) is 0. The molecule has 2 rings (SSSR count). The molecule has 1 aromatic rings. The number of hydrogen-bond acceptors (Lipinski definition) is 4. The van der Waals surface area contributed by atoms with Crippen LogP contribution in [0, 0.1) is 0 Å². The van der Waals surface area contributed by atoms with Gasteiger partial charge in [-0.05, 0) is 38.1 Å². The maximum Gasteiger partial charge on any atom is 0.190 e. The highest BCUT2D eigenvalue weighted by atomic mass is 35.5. The second kappa shape index (κ2) is 4.41. The summed E-state index contributed by atoms with van der Waals surface area (Å²) in [5.74, 6) is 0. The van der Waals surface area contributed by atoms with Gasteiger partial charge in [0.05, 0.1) is 9.59 Å². The van der Waals surface area contributed by atoms with E-state index in [0.717, 1.165) is 24.4 Å². The topological polar surface area (TPSA) is 46.2 Å². The first kappa shape index (κ1) is 11.4. The maximum absolute atomic E-state index is 12.1. The fraction of sp³-hybridized carbons (Fsp3) is 0.556. The zero-order valence-electron chi connectivity index (χ0n) is 8.07. The van der Waals surface area contributed by atoms with Crippen LogP contribution in [0.25, 0.3) is 0 Å². The third kappa shape index (κ3) is 2.36. The molecule has 0 aliphatic carbocycles. The molecule has 15 heavy (non-hydrogen) atoms. The van der Waals surface area contributed by atoms with Gasteiger partial charge in [0, 0.05) is 0 Å². The summed E-state index contributed by atoms with van der Waals surface area (Å²) in [5.41, 5.74) is 0. The lowest BCUT2D eigenvalue weighted by molar-refractivity contribution is 0.497. The number of halogens is 1. The van der Waals surface area contributed by atoms with Crippen LogP contribution in [0.5, 0.6) is 0 Å². The Morgan fingerprint density at radius 3 is 2.53 bits per heavy atom. The van der Waals surface area contributed by atoms with Crippen molar-refractivity contribution in [2.24, 2.45) is 0 Å². The lowest BCUT2D eigenvalue weighted by atomic mass is 10.2. The molecule has 0 aromatic carbocycles. The first-order chi connectivity index (χ1) is 7.10. The summed E-state index contributed by atoms with van der Waals surface area (Å²) in [6.45, 7) is 1.56. The van der Waals surface area contributed by atoms with Gasteiger partial charge in [-0.3, -0.25) is 0 Å². The molecule has 0 amide bonds. The Morgan fingerprint density at radius 1 is 1.33 bits per heavy atom. The SMILES string of the molecule is O=S(=O)(c1ccc(Cl)s1)C1CCNCC1. The van der Waals surface area contributed by atoms with Gasteiger partial charge >= 0.3 is 0 Å². The second-order valence-corrected chi connectivity index (χ2v) is 7.72. The molecular formula is C9H12ClNO2S2. The molecule has 84 valence electrons. The number of nitrogens with one attached hydrogen (secondary N) is 1. The van der Waals surface area contributed by atoms with Gasteiger partial charge in [0.25, 0.3) is 0 Å². The molecule has 2 heterocycles. The van der Waals surface area contributed by atoms with Gasteiger partial charge < -0.3 is 5.32 Å². The van der Waals surface area contributed by atoms with Gasteiger partial charge in [0.1, 0.15) is 4.21 Å². The number of thiophene rings is 1. The smallest absolute Gasteiger partial charge is 0.190 e. The van der Waals surface area contributed by atoms with Crippen LogP contribution in [0.4, 0.5) is 0 Å². The van der Waals surface area contributed by atoms with Crippen LogP contribution in [0.15, 0.2) is 16.3 Å². The van der Waals surface area contributed by atoms with Crippen molar-refractivity contribution in [3.63, 3.8) is 0 Å². The van der Waals surface area contributed by atoms with E-state index in [1.54, 1.807) is 12.1 Å². The monoisotopic (exact) mass is 265 g/mol. The summed E-state index contributed by atoms with van der Waals surface area (Å²) in [6.07, 6.45) is 1.38. The fourth-order valence-electron chi connectivity index (χ4n) is 1.72. The third-order valence-electron chi connectivity index (χ3n) is 2.55. The van der Waals surface area contributed by atoms with E-state index in [1.165, 1.54) is 0 Å². The molecule has 6 heteroatoms. The summed E-state index contributed by atoms with van der Waals surface area (Å²) in [7, 11) is -3.15. The zero-order chi connectivity index (χ0) is 10.9. The fourth-order valence-corrected chi connectivity index (χ4v) is 5.22. The van der Waals surface area contributed by atoms with Crippen molar-refractivity contribution in [3.8, 4) is 0 Å². The average molecular weight is 266 g/mol. The lowest BCUT2D eigenvalue weighted by Gasteiger charge is -2.21. The van der Waals surface area contributed by atoms with Crippen molar-refractivity contribution in [2.45, 2.75) is 22.3 Å². The minimum atomic E-state index is -3.15. The predicted molar refractivity (Wildman–Crippen MR) is 62.4 cm³/mol. The molecule has 0 unspecified atom stereocenters. The summed E-state index contributed by atoms with van der Waals surface area (Å²) in [6, 6.07) is 3.24. The van der Waals surface area contributed by atoms with Crippen LogP contribution in [-0.4, -0.2) is 26.8 Å². The molecule has 3 nitrogen and oxygen atoms in total. The maximum atomic E-state index is 12.1. The molecule has 1 aliphatic rings. The number of rotatable bonds is 2. The minimum Gasteiger partial charge on any atom is -0.317 e. The molecule has 0 atom stereocenters. The van der Waals surface area contributed by atoms with Gasteiger partial charge in [-0.15, -0.1) is 11.3 Å². The van der Waals surface area contributed by atoms with E-state index in [2.05, 4.69) is 5.32 Å². The van der Waals surface area contributed by atoms with E-state index in [1.807, 2.05) is 0 Å². The first-order valence-electron chi connectivity index (χ1n) is 4.80. The summed E-state index contributed by atoms with van der Waals surface area (Å²) in [5, 5.41) is 2.91. The van der Waals surface area contributed by atoms with Gasteiger partial charge in [0.2, 0.25) is 0 Å². The Bertz CT molecular complexity index is 435. The van der Waals surface area contributed by atoms with Gasteiger partial charge in [0.15, 0.2) is 9.84 Å². The van der Waals surface area contributed by atoms with Gasteiger partial charge in [-0.1, -0.05) is 11.6 Å². The van der Waals surface area contributed by atoms with Crippen LogP contribution in [0.3, 0.4) is 0 Å². The van der Waals surface area contributed by atoms with Crippen molar-refractivity contribution >= 4 is 32.8 Å². The van der Waals surface area contributed by atoms with E-state index in [9.17, 15) is 8.42 Å². The van der Waals surface area contributed by atoms with Crippen LogP contribution in [0.2, 0.25) is 4.34 Å². The highest BCUT2D eigenvalue weighted by Crippen LogP contribution is 2.30. The van der Waals surface area contributed by atoms with Crippen molar-refractivity contribution in [3.05, 3.63) is 16.5 Å². The second-order valence-electron chi connectivity index (χ2n) is 3.55. The molecule has 1 N–H and O–H groups in total. The van der Waals surface area contributed by atoms with Gasteiger partial charge in [-0.2, -0.15) is 0 Å². The number of piperidine rings is 1. The number of hydrogen-bond donors (Lipinski definition) is 1. The van der Waals surface area contributed by atoms with E-state index in [-0.39, 0.29) is 5.25 Å². The number of sulfone groups is 1. The van der Waals surface area contributed by atoms with Crippen molar-refractivity contribution in [2.75, 3.05) is 13.1 Å². The Morgan fingerprint density at radius 2 is 2.00 bits per heavy atom. The Balaban J connectivity index is 2.26. The molecule has 1 saturated heterocycles. The Hall–Kier alpha value is -0.100. The lowest BCUT2D eigenvalue weighted by Crippen LogP contribution is -2.35. The summed E-state index contributed by atoms with van der Waals surface area (Å²) < 4.78 is 25.2. The minimum absolute atomic E-state index is 0.242. The van der Waals surface area contributed by atoms with Crippen LogP contribution < -0.4 is 5.32 Å². The Kier molecular flexibility index (Phi) is 3.35. The molecule has 0 saturated carbocycles. The zero-order valence-corrected chi connectivity index (χ0v) is 10.5. The van der Waals surface area contributed by atoms with Crippen LogP contribution >= 0.6 is 22.9 Å². The van der Waals surface area contributed by atoms with Crippen molar-refractivity contribution in [1.29, 1.82) is 0 Å². The average Bonchev–Trinajstić information content (AvgIpc) is 2.67. The molecule has 0 bridgehead atoms. The quantitative estimate of drug-likeness (QED) is 0.889. The molecule has 1 fully saturated rings.